The smallest absolute Gasteiger partial charge is 0.246 e. The van der Waals surface area contributed by atoms with Crippen molar-refractivity contribution < 1.29 is 9.59 Å². The van der Waals surface area contributed by atoms with Crippen LogP contribution in [0.1, 0.15) is 49.6 Å². The minimum absolute atomic E-state index is 0.0225. The molecule has 2 amide bonds. The minimum Gasteiger partial charge on any atom is -0.352 e. The fourth-order valence-electron chi connectivity index (χ4n) is 3.80. The number of carbonyl (C=O) groups is 2. The van der Waals surface area contributed by atoms with Crippen molar-refractivity contribution in [2.75, 3.05) is 13.1 Å². The van der Waals surface area contributed by atoms with Gasteiger partial charge in [-0.3, -0.25) is 9.59 Å². The summed E-state index contributed by atoms with van der Waals surface area (Å²) in [5.74, 6) is 0.0487. The number of nitrogens with one attached hydrogen (secondary N) is 1. The molecule has 1 aliphatic rings. The summed E-state index contributed by atoms with van der Waals surface area (Å²) in [6, 6.07) is 10.0. The number of piperidine rings is 1. The summed E-state index contributed by atoms with van der Waals surface area (Å²) in [5.41, 5.74) is 3.85. The maximum atomic E-state index is 12.7. The Labute approximate surface area is 172 Å². The second-order valence-electron chi connectivity index (χ2n) is 7.61. The van der Waals surface area contributed by atoms with Crippen LogP contribution < -0.4 is 5.32 Å². The first-order chi connectivity index (χ1) is 14.0. The van der Waals surface area contributed by atoms with E-state index in [4.69, 9.17) is 0 Å². The van der Waals surface area contributed by atoms with Crippen LogP contribution in [0.25, 0.3) is 11.8 Å². The van der Waals surface area contributed by atoms with Gasteiger partial charge < -0.3 is 10.2 Å². The summed E-state index contributed by atoms with van der Waals surface area (Å²) in [7, 11) is 0. The van der Waals surface area contributed by atoms with Crippen molar-refractivity contribution in [3.05, 3.63) is 53.4 Å². The maximum Gasteiger partial charge on any atom is 0.246 e. The van der Waals surface area contributed by atoms with E-state index >= 15 is 0 Å². The van der Waals surface area contributed by atoms with Crippen molar-refractivity contribution in [1.82, 2.24) is 20.0 Å². The molecule has 1 aromatic carbocycles. The number of aryl methyl sites for hydroxylation is 1. The van der Waals surface area contributed by atoms with Crippen LogP contribution in [0.15, 0.2) is 36.4 Å². The SMILES string of the molecule is CCCC(=O)NC1CCCN(C(=O)/C=C/c2c(C)nn(-c3ccccc3)c2C)C1. The van der Waals surface area contributed by atoms with Crippen molar-refractivity contribution in [3.8, 4) is 5.69 Å². The lowest BCUT2D eigenvalue weighted by Gasteiger charge is -2.32. The van der Waals surface area contributed by atoms with Crippen molar-refractivity contribution in [3.63, 3.8) is 0 Å². The first-order valence-electron chi connectivity index (χ1n) is 10.4. The van der Waals surface area contributed by atoms with Crippen LogP contribution >= 0.6 is 0 Å². The number of nitrogens with zero attached hydrogens (tertiary/aromatic N) is 3. The molecule has 6 heteroatoms. The minimum atomic E-state index is -0.0225. The first-order valence-corrected chi connectivity index (χ1v) is 10.4. The van der Waals surface area contributed by atoms with E-state index in [-0.39, 0.29) is 17.9 Å². The molecule has 1 aromatic heterocycles. The lowest BCUT2D eigenvalue weighted by Crippen LogP contribution is -2.49. The van der Waals surface area contributed by atoms with Gasteiger partial charge in [0.2, 0.25) is 11.8 Å². The number of hydrogen-bond acceptors (Lipinski definition) is 3. The number of likely N-dealkylation sites (tertiary alicyclic amines) is 1. The molecule has 1 atom stereocenters. The van der Waals surface area contributed by atoms with Gasteiger partial charge in [0.15, 0.2) is 0 Å². The monoisotopic (exact) mass is 394 g/mol. The molecule has 154 valence electrons. The van der Waals surface area contributed by atoms with Crippen LogP contribution in [0.5, 0.6) is 0 Å². The summed E-state index contributed by atoms with van der Waals surface area (Å²) < 4.78 is 1.90. The lowest BCUT2D eigenvalue weighted by atomic mass is 10.0. The third-order valence-corrected chi connectivity index (χ3v) is 5.32. The number of aromatic nitrogens is 2. The van der Waals surface area contributed by atoms with E-state index in [9.17, 15) is 9.59 Å². The topological polar surface area (TPSA) is 67.2 Å². The predicted molar refractivity (Wildman–Crippen MR) is 115 cm³/mol. The van der Waals surface area contributed by atoms with Crippen LogP contribution in [-0.2, 0) is 9.59 Å². The number of rotatable bonds is 6. The van der Waals surface area contributed by atoms with E-state index in [1.165, 1.54) is 0 Å². The molecule has 0 saturated carbocycles. The van der Waals surface area contributed by atoms with Crippen LogP contribution in [0, 0.1) is 13.8 Å². The van der Waals surface area contributed by atoms with E-state index in [2.05, 4.69) is 10.4 Å². The standard InChI is InChI=1S/C23H30N4O2/c1-4-9-22(28)24-19-10-8-15-26(16-19)23(29)14-13-21-17(2)25-27(18(21)3)20-11-6-5-7-12-20/h5-7,11-14,19H,4,8-10,15-16H2,1-3H3,(H,24,28)/b14-13+. The number of para-hydroxylation sites is 1. The predicted octanol–water partition coefficient (Wildman–Crippen LogP) is 3.41. The van der Waals surface area contributed by atoms with Crippen LogP contribution in [-0.4, -0.2) is 45.6 Å². The van der Waals surface area contributed by atoms with Crippen LogP contribution in [0.2, 0.25) is 0 Å². The van der Waals surface area contributed by atoms with Gasteiger partial charge in [-0.15, -0.1) is 0 Å². The maximum absolute atomic E-state index is 12.7. The molecule has 0 radical (unpaired) electrons. The Morgan fingerprint density at radius 2 is 2.00 bits per heavy atom. The molecule has 2 aromatic rings. The Balaban J connectivity index is 1.68. The van der Waals surface area contributed by atoms with Crippen molar-refractivity contribution in [2.24, 2.45) is 0 Å². The third kappa shape index (κ3) is 5.13. The van der Waals surface area contributed by atoms with Gasteiger partial charge >= 0.3 is 0 Å². The summed E-state index contributed by atoms with van der Waals surface area (Å²) in [5, 5.41) is 7.67. The average Bonchev–Trinajstić information content (AvgIpc) is 3.01. The molecule has 2 heterocycles. The number of amides is 2. The van der Waals surface area contributed by atoms with Gasteiger partial charge in [-0.25, -0.2) is 4.68 Å². The lowest BCUT2D eigenvalue weighted by molar-refractivity contribution is -0.129. The molecule has 0 bridgehead atoms. The molecular weight excluding hydrogens is 364 g/mol. The van der Waals surface area contributed by atoms with Gasteiger partial charge in [-0.2, -0.15) is 5.10 Å². The normalized spacial score (nSPS) is 16.9. The summed E-state index contributed by atoms with van der Waals surface area (Å²) in [6.07, 6.45) is 6.68. The Bertz CT molecular complexity index is 886. The highest BCUT2D eigenvalue weighted by Crippen LogP contribution is 2.19. The summed E-state index contributed by atoms with van der Waals surface area (Å²) in [4.78, 5) is 26.4. The highest BCUT2D eigenvalue weighted by Gasteiger charge is 2.23. The van der Waals surface area contributed by atoms with Gasteiger partial charge in [-0.1, -0.05) is 25.1 Å². The molecule has 0 spiro atoms. The van der Waals surface area contributed by atoms with Crippen molar-refractivity contribution in [2.45, 2.75) is 52.5 Å². The number of benzene rings is 1. The van der Waals surface area contributed by atoms with Crippen LogP contribution in [0.4, 0.5) is 0 Å². The zero-order chi connectivity index (χ0) is 20.8. The third-order valence-electron chi connectivity index (χ3n) is 5.32. The Morgan fingerprint density at radius 1 is 1.24 bits per heavy atom. The summed E-state index contributed by atoms with van der Waals surface area (Å²) >= 11 is 0. The molecule has 1 aliphatic heterocycles. The fourth-order valence-corrected chi connectivity index (χ4v) is 3.80. The van der Waals surface area contributed by atoms with Gasteiger partial charge in [-0.05, 0) is 51.3 Å². The van der Waals surface area contributed by atoms with Crippen molar-refractivity contribution >= 4 is 17.9 Å². The van der Waals surface area contributed by atoms with E-state index in [1.54, 1.807) is 6.08 Å². The molecule has 1 fully saturated rings. The van der Waals surface area contributed by atoms with Gasteiger partial charge in [0, 0.05) is 42.9 Å². The van der Waals surface area contributed by atoms with Crippen molar-refractivity contribution in [1.29, 1.82) is 0 Å². The zero-order valence-corrected chi connectivity index (χ0v) is 17.5. The largest absolute Gasteiger partial charge is 0.352 e. The Kier molecular flexibility index (Phi) is 6.86. The van der Waals surface area contributed by atoms with Gasteiger partial charge in [0.05, 0.1) is 11.4 Å². The number of carbonyl (C=O) groups excluding carboxylic acids is 2. The van der Waals surface area contributed by atoms with E-state index < -0.39 is 0 Å². The second-order valence-corrected chi connectivity index (χ2v) is 7.61. The number of hydrogen-bond donors (Lipinski definition) is 1. The second kappa shape index (κ2) is 9.54. The van der Waals surface area contributed by atoms with E-state index in [1.807, 2.05) is 66.8 Å². The highest BCUT2D eigenvalue weighted by atomic mass is 16.2. The first kappa shape index (κ1) is 20.8. The van der Waals surface area contributed by atoms with Crippen LogP contribution in [0.3, 0.4) is 0 Å². The van der Waals surface area contributed by atoms with Gasteiger partial charge in [0.1, 0.15) is 0 Å². The molecule has 6 nitrogen and oxygen atoms in total. The molecule has 1 unspecified atom stereocenters. The zero-order valence-electron chi connectivity index (χ0n) is 17.5. The quantitative estimate of drug-likeness (QED) is 0.764. The molecule has 1 N–H and O–H groups in total. The Morgan fingerprint density at radius 3 is 2.72 bits per heavy atom. The average molecular weight is 395 g/mol. The van der Waals surface area contributed by atoms with Gasteiger partial charge in [0.25, 0.3) is 0 Å². The fraction of sp³-hybridized carbons (Fsp3) is 0.435. The molecule has 29 heavy (non-hydrogen) atoms. The highest BCUT2D eigenvalue weighted by molar-refractivity contribution is 5.92. The van der Waals surface area contributed by atoms with E-state index in [0.29, 0.717) is 13.0 Å². The Hall–Kier alpha value is -2.89. The molecule has 1 saturated heterocycles. The molecule has 0 aliphatic carbocycles. The molecule has 3 rings (SSSR count). The summed E-state index contributed by atoms with van der Waals surface area (Å²) in [6.45, 7) is 7.25. The van der Waals surface area contributed by atoms with E-state index in [0.717, 1.165) is 48.4 Å². The molecular formula is C23H30N4O2.